The third kappa shape index (κ3) is 3.04. The normalized spacial score (nSPS) is 13.2. The molecule has 0 aliphatic carbocycles. The number of fused-ring (bicyclic) bond motifs is 1. The molecular formula is C15H20N2. The Hall–Kier alpha value is -1.41. The first-order valence-corrected chi connectivity index (χ1v) is 6.25. The molecule has 0 saturated heterocycles. The number of rotatable bonds is 4. The highest BCUT2D eigenvalue weighted by molar-refractivity contribution is 5.84. The summed E-state index contributed by atoms with van der Waals surface area (Å²) in [4.78, 5) is 4.47. The van der Waals surface area contributed by atoms with Gasteiger partial charge in [0, 0.05) is 29.7 Å². The van der Waals surface area contributed by atoms with E-state index in [1.807, 2.05) is 12.3 Å². The number of hydrogen-bond donors (Lipinski definition) is 1. The highest BCUT2D eigenvalue weighted by Gasteiger charge is 2.09. The van der Waals surface area contributed by atoms with Crippen LogP contribution in [0, 0.1) is 5.92 Å². The van der Waals surface area contributed by atoms with E-state index in [0.29, 0.717) is 5.92 Å². The van der Waals surface area contributed by atoms with E-state index >= 15 is 0 Å². The van der Waals surface area contributed by atoms with Crippen LogP contribution in [0.15, 0.2) is 36.5 Å². The molecule has 90 valence electrons. The molecular weight excluding hydrogens is 208 g/mol. The van der Waals surface area contributed by atoms with Crippen molar-refractivity contribution in [3.63, 3.8) is 0 Å². The van der Waals surface area contributed by atoms with Crippen molar-refractivity contribution in [1.82, 2.24) is 4.98 Å². The number of nitrogens with zero attached hydrogens (tertiary/aromatic N) is 1. The summed E-state index contributed by atoms with van der Waals surface area (Å²) in [6.45, 7) is 4.41. The van der Waals surface area contributed by atoms with Crippen LogP contribution < -0.4 is 5.73 Å². The summed E-state index contributed by atoms with van der Waals surface area (Å²) in [5, 5.41) is 2.48. The van der Waals surface area contributed by atoms with Gasteiger partial charge in [0.2, 0.25) is 0 Å². The van der Waals surface area contributed by atoms with Gasteiger partial charge in [-0.2, -0.15) is 0 Å². The van der Waals surface area contributed by atoms with E-state index in [2.05, 4.69) is 43.1 Å². The highest BCUT2D eigenvalue weighted by atomic mass is 14.7. The second kappa shape index (κ2) is 5.28. The van der Waals surface area contributed by atoms with Crippen molar-refractivity contribution in [2.45, 2.75) is 32.7 Å². The first kappa shape index (κ1) is 12.1. The van der Waals surface area contributed by atoms with Crippen molar-refractivity contribution in [2.75, 3.05) is 0 Å². The molecule has 17 heavy (non-hydrogen) atoms. The van der Waals surface area contributed by atoms with Crippen molar-refractivity contribution >= 4 is 10.8 Å². The molecule has 2 aromatic rings. The van der Waals surface area contributed by atoms with Crippen LogP contribution in [0.5, 0.6) is 0 Å². The van der Waals surface area contributed by atoms with Gasteiger partial charge in [-0.3, -0.25) is 4.98 Å². The standard InChI is InChI=1S/C15H20N2/c1-11(2)9-13(16)10-15-14-6-4-3-5-12(14)7-8-17-15/h3-8,11,13H,9-10,16H2,1-2H3. The van der Waals surface area contributed by atoms with Crippen LogP contribution in [0.2, 0.25) is 0 Å². The van der Waals surface area contributed by atoms with E-state index in [-0.39, 0.29) is 6.04 Å². The Bertz CT molecular complexity index is 486. The van der Waals surface area contributed by atoms with Crippen LogP contribution in [-0.2, 0) is 6.42 Å². The molecule has 0 saturated carbocycles. The van der Waals surface area contributed by atoms with E-state index in [4.69, 9.17) is 5.73 Å². The predicted molar refractivity (Wildman–Crippen MR) is 72.9 cm³/mol. The Morgan fingerprint density at radius 2 is 1.94 bits per heavy atom. The van der Waals surface area contributed by atoms with Gasteiger partial charge < -0.3 is 5.73 Å². The maximum atomic E-state index is 6.16. The van der Waals surface area contributed by atoms with Crippen molar-refractivity contribution in [3.8, 4) is 0 Å². The first-order valence-electron chi connectivity index (χ1n) is 6.25. The van der Waals surface area contributed by atoms with Crippen LogP contribution in [-0.4, -0.2) is 11.0 Å². The maximum Gasteiger partial charge on any atom is 0.0497 e. The van der Waals surface area contributed by atoms with E-state index in [9.17, 15) is 0 Å². The van der Waals surface area contributed by atoms with E-state index < -0.39 is 0 Å². The van der Waals surface area contributed by atoms with Crippen molar-refractivity contribution in [3.05, 3.63) is 42.2 Å². The maximum absolute atomic E-state index is 6.16. The molecule has 1 unspecified atom stereocenters. The molecule has 0 aliphatic heterocycles. The minimum absolute atomic E-state index is 0.202. The molecule has 0 fully saturated rings. The van der Waals surface area contributed by atoms with Gasteiger partial charge in [0.15, 0.2) is 0 Å². The van der Waals surface area contributed by atoms with Gasteiger partial charge in [0.1, 0.15) is 0 Å². The minimum Gasteiger partial charge on any atom is -0.327 e. The van der Waals surface area contributed by atoms with Gasteiger partial charge in [0.25, 0.3) is 0 Å². The fourth-order valence-corrected chi connectivity index (χ4v) is 2.28. The fraction of sp³-hybridized carbons (Fsp3) is 0.400. The second-order valence-corrected chi connectivity index (χ2v) is 5.07. The van der Waals surface area contributed by atoms with Crippen LogP contribution >= 0.6 is 0 Å². The molecule has 1 aromatic heterocycles. The average molecular weight is 228 g/mol. The average Bonchev–Trinajstić information content (AvgIpc) is 2.28. The lowest BCUT2D eigenvalue weighted by molar-refractivity contribution is 0.491. The van der Waals surface area contributed by atoms with Crippen LogP contribution in [0.25, 0.3) is 10.8 Å². The Labute approximate surface area is 103 Å². The fourth-order valence-electron chi connectivity index (χ4n) is 2.28. The zero-order valence-electron chi connectivity index (χ0n) is 10.6. The van der Waals surface area contributed by atoms with Crippen molar-refractivity contribution in [1.29, 1.82) is 0 Å². The topological polar surface area (TPSA) is 38.9 Å². The summed E-state index contributed by atoms with van der Waals surface area (Å²) in [6, 6.07) is 10.6. The summed E-state index contributed by atoms with van der Waals surface area (Å²) in [7, 11) is 0. The monoisotopic (exact) mass is 228 g/mol. The van der Waals surface area contributed by atoms with Gasteiger partial charge in [-0.25, -0.2) is 0 Å². The highest BCUT2D eigenvalue weighted by Crippen LogP contribution is 2.18. The minimum atomic E-state index is 0.202. The summed E-state index contributed by atoms with van der Waals surface area (Å²) in [6.07, 6.45) is 3.78. The third-order valence-electron chi connectivity index (χ3n) is 2.99. The lowest BCUT2D eigenvalue weighted by Crippen LogP contribution is -2.25. The van der Waals surface area contributed by atoms with Gasteiger partial charge in [-0.15, -0.1) is 0 Å². The van der Waals surface area contributed by atoms with Crippen LogP contribution in [0.3, 0.4) is 0 Å². The summed E-state index contributed by atoms with van der Waals surface area (Å²) in [5.74, 6) is 0.639. The van der Waals surface area contributed by atoms with E-state index in [0.717, 1.165) is 18.5 Å². The van der Waals surface area contributed by atoms with E-state index in [1.54, 1.807) is 0 Å². The molecule has 0 radical (unpaired) electrons. The predicted octanol–water partition coefficient (Wildman–Crippen LogP) is 3.15. The Kier molecular flexibility index (Phi) is 3.75. The van der Waals surface area contributed by atoms with Crippen molar-refractivity contribution < 1.29 is 0 Å². The van der Waals surface area contributed by atoms with E-state index in [1.165, 1.54) is 10.8 Å². The Morgan fingerprint density at radius 1 is 1.18 bits per heavy atom. The van der Waals surface area contributed by atoms with Gasteiger partial charge in [-0.1, -0.05) is 38.1 Å². The molecule has 2 heteroatoms. The summed E-state index contributed by atoms with van der Waals surface area (Å²) >= 11 is 0. The number of benzene rings is 1. The molecule has 0 aliphatic rings. The van der Waals surface area contributed by atoms with Crippen LogP contribution in [0.1, 0.15) is 26.0 Å². The SMILES string of the molecule is CC(C)CC(N)Cc1nccc2ccccc12. The lowest BCUT2D eigenvalue weighted by Gasteiger charge is -2.14. The number of aromatic nitrogens is 1. The Balaban J connectivity index is 2.24. The molecule has 1 atom stereocenters. The molecule has 1 heterocycles. The van der Waals surface area contributed by atoms with Gasteiger partial charge in [0.05, 0.1) is 0 Å². The molecule has 0 amide bonds. The second-order valence-electron chi connectivity index (χ2n) is 5.07. The summed E-state index contributed by atoms with van der Waals surface area (Å²) < 4.78 is 0. The molecule has 0 bridgehead atoms. The zero-order valence-corrected chi connectivity index (χ0v) is 10.6. The molecule has 2 rings (SSSR count). The zero-order chi connectivity index (χ0) is 12.3. The van der Waals surface area contributed by atoms with Gasteiger partial charge >= 0.3 is 0 Å². The third-order valence-corrected chi connectivity index (χ3v) is 2.99. The Morgan fingerprint density at radius 3 is 2.71 bits per heavy atom. The van der Waals surface area contributed by atoms with Crippen molar-refractivity contribution in [2.24, 2.45) is 11.7 Å². The molecule has 2 nitrogen and oxygen atoms in total. The number of hydrogen-bond acceptors (Lipinski definition) is 2. The van der Waals surface area contributed by atoms with Crippen LogP contribution in [0.4, 0.5) is 0 Å². The summed E-state index contributed by atoms with van der Waals surface area (Å²) in [5.41, 5.74) is 7.28. The number of nitrogens with two attached hydrogens (primary N) is 1. The molecule has 0 spiro atoms. The molecule has 2 N–H and O–H groups in total. The first-order chi connectivity index (χ1) is 8.16. The smallest absolute Gasteiger partial charge is 0.0497 e. The van der Waals surface area contributed by atoms with Gasteiger partial charge in [-0.05, 0) is 23.8 Å². The largest absolute Gasteiger partial charge is 0.327 e. The number of pyridine rings is 1. The lowest BCUT2D eigenvalue weighted by atomic mass is 9.98. The molecule has 1 aromatic carbocycles. The quantitative estimate of drug-likeness (QED) is 0.873.